The highest BCUT2D eigenvalue weighted by Gasteiger charge is 2.14. The van der Waals surface area contributed by atoms with Crippen LogP contribution in [0.3, 0.4) is 0 Å². The number of aromatic nitrogens is 2. The molecule has 4 rings (SSSR count). The first-order valence-electron chi connectivity index (χ1n) is 7.47. The normalized spacial score (nSPS) is 10.6. The molecule has 0 radical (unpaired) electrons. The van der Waals surface area contributed by atoms with Gasteiger partial charge in [-0.05, 0) is 46.3 Å². The molecule has 126 valence electrons. The van der Waals surface area contributed by atoms with Gasteiger partial charge in [0.1, 0.15) is 16.9 Å². The zero-order valence-electron chi connectivity index (χ0n) is 13.0. The molecule has 0 aliphatic rings. The van der Waals surface area contributed by atoms with Gasteiger partial charge in [-0.2, -0.15) is 4.57 Å². The Balaban J connectivity index is 0.00000182. The van der Waals surface area contributed by atoms with E-state index in [0.29, 0.717) is 12.4 Å². The summed E-state index contributed by atoms with van der Waals surface area (Å²) in [5.41, 5.74) is 3.33. The monoisotopic (exact) mass is 462 g/mol. The van der Waals surface area contributed by atoms with Crippen LogP contribution >= 0.6 is 15.9 Å². The molecule has 0 spiro atoms. The first-order valence-corrected chi connectivity index (χ1v) is 8.27. The minimum atomic E-state index is -0.234. The van der Waals surface area contributed by atoms with E-state index < -0.39 is 0 Å². The summed E-state index contributed by atoms with van der Waals surface area (Å²) in [6, 6.07) is 16.2. The van der Waals surface area contributed by atoms with E-state index in [1.807, 2.05) is 53.4 Å². The van der Waals surface area contributed by atoms with E-state index in [9.17, 15) is 4.39 Å². The summed E-state index contributed by atoms with van der Waals surface area (Å²) in [4.78, 5) is 4.53. The van der Waals surface area contributed by atoms with E-state index in [2.05, 4.69) is 20.9 Å². The molecule has 2 aromatic heterocycles. The largest absolute Gasteiger partial charge is 1.00 e. The Morgan fingerprint density at radius 2 is 1.88 bits per heavy atom. The summed E-state index contributed by atoms with van der Waals surface area (Å²) in [7, 11) is 0. The fourth-order valence-electron chi connectivity index (χ4n) is 2.65. The van der Waals surface area contributed by atoms with Crippen molar-refractivity contribution in [2.24, 2.45) is 0 Å². The number of oxazole rings is 1. The maximum Gasteiger partial charge on any atom is 0.233 e. The second-order valence-corrected chi connectivity index (χ2v) is 6.45. The SMILES string of the molecule is Fc1cccc(C[n+]2cc(Br)cc(-c3nc4ccccc4o3)c2)c1.[Br-]. The van der Waals surface area contributed by atoms with Gasteiger partial charge in [0, 0.05) is 5.56 Å². The van der Waals surface area contributed by atoms with Crippen molar-refractivity contribution < 1.29 is 30.4 Å². The summed E-state index contributed by atoms with van der Waals surface area (Å²) in [5, 5.41) is 0. The van der Waals surface area contributed by atoms with Gasteiger partial charge in [-0.15, -0.1) is 0 Å². The first-order chi connectivity index (χ1) is 11.7. The van der Waals surface area contributed by atoms with Crippen molar-refractivity contribution >= 4 is 27.0 Å². The molecule has 2 heterocycles. The van der Waals surface area contributed by atoms with Crippen molar-refractivity contribution in [3.63, 3.8) is 0 Å². The molecule has 0 bridgehead atoms. The average Bonchev–Trinajstić information content (AvgIpc) is 2.98. The lowest BCUT2D eigenvalue weighted by molar-refractivity contribution is -0.688. The molecular formula is C19H13Br2FN2O. The number of fused-ring (bicyclic) bond motifs is 1. The van der Waals surface area contributed by atoms with Crippen LogP contribution in [0, 0.1) is 5.82 Å². The van der Waals surface area contributed by atoms with Gasteiger partial charge in [-0.3, -0.25) is 0 Å². The quantitative estimate of drug-likeness (QED) is 0.433. The number of halogens is 3. The summed E-state index contributed by atoms with van der Waals surface area (Å²) >= 11 is 3.52. The highest BCUT2D eigenvalue weighted by atomic mass is 79.9. The standard InChI is InChI=1S/C19H13BrFN2O.BrH/c20-15-9-14(19-22-17-6-1-2-7-18(17)24-19)11-23(12-15)10-13-4-3-5-16(21)8-13;/h1-9,11-12H,10H2;1H/q+1;/p-1. The van der Waals surface area contributed by atoms with Crippen molar-refractivity contribution in [3.05, 3.63) is 82.8 Å². The summed E-state index contributed by atoms with van der Waals surface area (Å²) in [6.45, 7) is 0.560. The van der Waals surface area contributed by atoms with Crippen LogP contribution in [0.25, 0.3) is 22.6 Å². The van der Waals surface area contributed by atoms with E-state index in [1.165, 1.54) is 12.1 Å². The molecule has 2 aromatic carbocycles. The van der Waals surface area contributed by atoms with E-state index >= 15 is 0 Å². The van der Waals surface area contributed by atoms with E-state index in [0.717, 1.165) is 26.7 Å². The smallest absolute Gasteiger partial charge is 0.233 e. The van der Waals surface area contributed by atoms with Gasteiger partial charge in [0.05, 0.1) is 4.47 Å². The topological polar surface area (TPSA) is 29.9 Å². The van der Waals surface area contributed by atoms with Gasteiger partial charge in [-0.25, -0.2) is 9.37 Å². The molecule has 0 amide bonds. The molecule has 4 aromatic rings. The highest BCUT2D eigenvalue weighted by Crippen LogP contribution is 2.25. The fourth-order valence-corrected chi connectivity index (χ4v) is 3.16. The molecule has 0 aliphatic carbocycles. The number of pyridine rings is 1. The number of hydrogen-bond acceptors (Lipinski definition) is 2. The van der Waals surface area contributed by atoms with Crippen LogP contribution in [0.1, 0.15) is 5.56 Å². The Morgan fingerprint density at radius 1 is 1.04 bits per heavy atom. The molecule has 0 saturated carbocycles. The second kappa shape index (κ2) is 7.45. The van der Waals surface area contributed by atoms with Crippen LogP contribution in [0.4, 0.5) is 4.39 Å². The lowest BCUT2D eigenvalue weighted by Crippen LogP contribution is -3.00. The van der Waals surface area contributed by atoms with E-state index in [4.69, 9.17) is 4.42 Å². The number of benzene rings is 2. The summed E-state index contributed by atoms with van der Waals surface area (Å²) in [5.74, 6) is 0.327. The average molecular weight is 464 g/mol. The van der Waals surface area contributed by atoms with Crippen LogP contribution in [0.15, 0.2) is 75.9 Å². The molecule has 0 saturated heterocycles. The minimum absolute atomic E-state index is 0. The molecule has 0 aliphatic heterocycles. The zero-order valence-corrected chi connectivity index (χ0v) is 16.2. The Morgan fingerprint density at radius 3 is 2.68 bits per heavy atom. The van der Waals surface area contributed by atoms with Crippen molar-refractivity contribution in [3.8, 4) is 11.5 Å². The molecule has 6 heteroatoms. The third-order valence-corrected chi connectivity index (χ3v) is 4.12. The van der Waals surface area contributed by atoms with Crippen LogP contribution in [-0.2, 0) is 6.54 Å². The lowest BCUT2D eigenvalue weighted by Gasteiger charge is -2.01. The molecular weight excluding hydrogens is 451 g/mol. The zero-order chi connectivity index (χ0) is 16.5. The Hall–Kier alpha value is -2.05. The minimum Gasteiger partial charge on any atom is -1.00 e. The van der Waals surface area contributed by atoms with Gasteiger partial charge >= 0.3 is 0 Å². The molecule has 25 heavy (non-hydrogen) atoms. The van der Waals surface area contributed by atoms with Gasteiger partial charge in [0.25, 0.3) is 0 Å². The Bertz CT molecular complexity index is 1000. The van der Waals surface area contributed by atoms with Crippen molar-refractivity contribution in [1.82, 2.24) is 4.98 Å². The van der Waals surface area contributed by atoms with Gasteiger partial charge in [0.2, 0.25) is 5.89 Å². The highest BCUT2D eigenvalue weighted by molar-refractivity contribution is 9.10. The number of rotatable bonds is 3. The van der Waals surface area contributed by atoms with E-state index in [1.54, 1.807) is 6.07 Å². The van der Waals surface area contributed by atoms with Crippen LogP contribution in [-0.4, -0.2) is 4.98 Å². The predicted molar refractivity (Wildman–Crippen MR) is 92.8 cm³/mol. The molecule has 0 atom stereocenters. The van der Waals surface area contributed by atoms with Crippen LogP contribution < -0.4 is 21.5 Å². The van der Waals surface area contributed by atoms with E-state index in [-0.39, 0.29) is 22.8 Å². The third kappa shape index (κ3) is 3.96. The molecule has 0 N–H and O–H groups in total. The predicted octanol–water partition coefficient (Wildman–Crippen LogP) is 1.74. The molecule has 0 fully saturated rings. The third-order valence-electron chi connectivity index (χ3n) is 3.68. The number of para-hydroxylation sites is 2. The van der Waals surface area contributed by atoms with Gasteiger partial charge in [0.15, 0.2) is 24.5 Å². The fraction of sp³-hybridized carbons (Fsp3) is 0.0526. The summed E-state index contributed by atoms with van der Waals surface area (Å²) < 4.78 is 22.1. The Labute approximate surface area is 163 Å². The van der Waals surface area contributed by atoms with Gasteiger partial charge in [-0.1, -0.05) is 24.3 Å². The maximum atomic E-state index is 13.4. The molecule has 0 unspecified atom stereocenters. The first kappa shape index (κ1) is 17.8. The van der Waals surface area contributed by atoms with Crippen LogP contribution in [0.2, 0.25) is 0 Å². The van der Waals surface area contributed by atoms with Gasteiger partial charge < -0.3 is 21.4 Å². The van der Waals surface area contributed by atoms with Crippen LogP contribution in [0.5, 0.6) is 0 Å². The lowest BCUT2D eigenvalue weighted by atomic mass is 10.2. The number of nitrogens with zero attached hydrogens (tertiary/aromatic N) is 2. The second-order valence-electron chi connectivity index (χ2n) is 5.53. The Kier molecular flexibility index (Phi) is 5.30. The summed E-state index contributed by atoms with van der Waals surface area (Å²) in [6.07, 6.45) is 3.89. The van der Waals surface area contributed by atoms with Crippen molar-refractivity contribution in [1.29, 1.82) is 0 Å². The number of hydrogen-bond donors (Lipinski definition) is 0. The molecule has 3 nitrogen and oxygen atoms in total. The van der Waals surface area contributed by atoms with Crippen molar-refractivity contribution in [2.75, 3.05) is 0 Å². The van der Waals surface area contributed by atoms with Crippen molar-refractivity contribution in [2.45, 2.75) is 6.54 Å². The maximum absolute atomic E-state index is 13.4.